The molecule has 0 aliphatic carbocycles. The number of carbonyl (C=O) groups excluding carboxylic acids is 3. The highest BCUT2D eigenvalue weighted by Gasteiger charge is 2.22. The molecule has 0 spiro atoms. The highest BCUT2D eigenvalue weighted by molar-refractivity contribution is 6.00. The molecule has 26 heavy (non-hydrogen) atoms. The van der Waals surface area contributed by atoms with Crippen LogP contribution in [0.4, 0.5) is 5.82 Å². The summed E-state index contributed by atoms with van der Waals surface area (Å²) in [6.07, 6.45) is 0.101. The Morgan fingerprint density at radius 1 is 1.19 bits per heavy atom. The van der Waals surface area contributed by atoms with Crippen molar-refractivity contribution in [2.75, 3.05) is 19.0 Å². The van der Waals surface area contributed by atoms with Gasteiger partial charge in [0.05, 0.1) is 12.7 Å². The van der Waals surface area contributed by atoms with E-state index in [-0.39, 0.29) is 30.5 Å². The second-order valence-electron chi connectivity index (χ2n) is 5.83. The zero-order chi connectivity index (χ0) is 19.3. The normalized spacial score (nSPS) is 10.3. The lowest BCUT2D eigenvalue weighted by molar-refractivity contribution is -0.116. The van der Waals surface area contributed by atoms with Gasteiger partial charge in [0.2, 0.25) is 5.91 Å². The molecule has 2 aromatic rings. The van der Waals surface area contributed by atoms with Gasteiger partial charge in [0.25, 0.3) is 5.91 Å². The van der Waals surface area contributed by atoms with Gasteiger partial charge in [-0.1, -0.05) is 6.07 Å². The number of H-pyrrole nitrogens is 1. The van der Waals surface area contributed by atoms with Gasteiger partial charge in [-0.2, -0.15) is 0 Å². The quantitative estimate of drug-likeness (QED) is 0.682. The molecular weight excluding hydrogens is 336 g/mol. The first-order chi connectivity index (χ1) is 12.3. The average Bonchev–Trinajstić information content (AvgIpc) is 2.88. The fraction of sp³-hybridized carbons (Fsp3) is 0.333. The average molecular weight is 358 g/mol. The number of pyridine rings is 1. The summed E-state index contributed by atoms with van der Waals surface area (Å²) < 4.78 is 4.72. The summed E-state index contributed by atoms with van der Waals surface area (Å²) in [7, 11) is 1.29. The van der Waals surface area contributed by atoms with Gasteiger partial charge in [-0.15, -0.1) is 0 Å². The van der Waals surface area contributed by atoms with Crippen LogP contribution in [0.15, 0.2) is 18.2 Å². The molecular formula is C18H22N4O4. The molecule has 0 atom stereocenters. The molecule has 0 saturated heterocycles. The zero-order valence-corrected chi connectivity index (χ0v) is 15.2. The van der Waals surface area contributed by atoms with Crippen LogP contribution < -0.4 is 10.6 Å². The van der Waals surface area contributed by atoms with Crippen LogP contribution in [0.5, 0.6) is 0 Å². The Morgan fingerprint density at radius 3 is 2.58 bits per heavy atom. The third-order valence-electron chi connectivity index (χ3n) is 3.85. The van der Waals surface area contributed by atoms with Crippen molar-refractivity contribution in [3.8, 4) is 0 Å². The Hall–Kier alpha value is -3.16. The second kappa shape index (κ2) is 8.28. The molecule has 2 heterocycles. The first-order valence-corrected chi connectivity index (χ1v) is 8.12. The number of ether oxygens (including phenoxy) is 1. The van der Waals surface area contributed by atoms with Crippen molar-refractivity contribution in [3.05, 3.63) is 46.4 Å². The van der Waals surface area contributed by atoms with Gasteiger partial charge in [-0.05, 0) is 38.5 Å². The number of amides is 2. The molecule has 138 valence electrons. The predicted octanol–water partition coefficient (Wildman–Crippen LogP) is 1.88. The van der Waals surface area contributed by atoms with E-state index in [4.69, 9.17) is 4.74 Å². The van der Waals surface area contributed by atoms with E-state index in [1.54, 1.807) is 26.0 Å². The van der Waals surface area contributed by atoms with Crippen LogP contribution >= 0.6 is 0 Å². The summed E-state index contributed by atoms with van der Waals surface area (Å²) in [6, 6.07) is 5.33. The third kappa shape index (κ3) is 4.47. The fourth-order valence-corrected chi connectivity index (χ4v) is 2.58. The Balaban J connectivity index is 1.91. The van der Waals surface area contributed by atoms with E-state index in [0.717, 1.165) is 5.69 Å². The fourth-order valence-electron chi connectivity index (χ4n) is 2.58. The standard InChI is InChI=1S/C18H22N4O4/c1-10-6-5-7-13(20-10)22-14(23)8-9-19-17(24)16-11(2)15(12(3)21-16)18(25)26-4/h5-7,21H,8-9H2,1-4H3,(H,19,24)(H,20,22,23). The minimum atomic E-state index is -0.500. The maximum absolute atomic E-state index is 12.3. The topological polar surface area (TPSA) is 113 Å². The number of anilines is 1. The van der Waals surface area contributed by atoms with Gasteiger partial charge in [0, 0.05) is 24.4 Å². The van der Waals surface area contributed by atoms with E-state index >= 15 is 0 Å². The number of methoxy groups -OCH3 is 1. The van der Waals surface area contributed by atoms with Crippen LogP contribution in [0.25, 0.3) is 0 Å². The number of hydrogen-bond acceptors (Lipinski definition) is 5. The van der Waals surface area contributed by atoms with Gasteiger partial charge in [-0.25, -0.2) is 9.78 Å². The Labute approximate surface area is 151 Å². The molecule has 2 rings (SSSR count). The molecule has 0 aliphatic rings. The van der Waals surface area contributed by atoms with E-state index < -0.39 is 5.97 Å². The van der Waals surface area contributed by atoms with Crippen LogP contribution in [-0.4, -0.2) is 41.4 Å². The van der Waals surface area contributed by atoms with Gasteiger partial charge < -0.3 is 20.4 Å². The second-order valence-corrected chi connectivity index (χ2v) is 5.83. The maximum atomic E-state index is 12.3. The number of aromatic nitrogens is 2. The minimum absolute atomic E-state index is 0.101. The molecule has 8 nitrogen and oxygen atoms in total. The summed E-state index contributed by atoms with van der Waals surface area (Å²) in [6.45, 7) is 5.35. The minimum Gasteiger partial charge on any atom is -0.465 e. The van der Waals surface area contributed by atoms with Crippen LogP contribution in [0.1, 0.15) is 44.2 Å². The molecule has 0 bridgehead atoms. The highest BCUT2D eigenvalue weighted by Crippen LogP contribution is 2.18. The van der Waals surface area contributed by atoms with E-state index in [1.807, 2.05) is 13.0 Å². The van der Waals surface area contributed by atoms with Crippen LogP contribution in [-0.2, 0) is 9.53 Å². The Morgan fingerprint density at radius 2 is 1.92 bits per heavy atom. The molecule has 3 N–H and O–H groups in total. The lowest BCUT2D eigenvalue weighted by atomic mass is 10.1. The van der Waals surface area contributed by atoms with Crippen molar-refractivity contribution in [2.45, 2.75) is 27.2 Å². The lowest BCUT2D eigenvalue weighted by Crippen LogP contribution is -2.28. The van der Waals surface area contributed by atoms with E-state index in [1.165, 1.54) is 7.11 Å². The number of carbonyl (C=O) groups is 3. The molecule has 0 unspecified atom stereocenters. The largest absolute Gasteiger partial charge is 0.465 e. The van der Waals surface area contributed by atoms with Crippen LogP contribution in [0, 0.1) is 20.8 Å². The first kappa shape index (κ1) is 19.2. The van der Waals surface area contributed by atoms with Crippen molar-refractivity contribution < 1.29 is 19.1 Å². The lowest BCUT2D eigenvalue weighted by Gasteiger charge is -2.07. The number of hydrogen-bond donors (Lipinski definition) is 3. The van der Waals surface area contributed by atoms with Crippen molar-refractivity contribution in [2.24, 2.45) is 0 Å². The van der Waals surface area contributed by atoms with E-state index in [0.29, 0.717) is 22.6 Å². The zero-order valence-electron chi connectivity index (χ0n) is 15.2. The van der Waals surface area contributed by atoms with E-state index in [2.05, 4.69) is 20.6 Å². The molecule has 0 radical (unpaired) electrons. The Bertz CT molecular complexity index is 842. The number of nitrogens with one attached hydrogen (secondary N) is 3. The SMILES string of the molecule is COC(=O)c1c(C)[nH]c(C(=O)NCCC(=O)Nc2cccc(C)n2)c1C. The molecule has 0 fully saturated rings. The Kier molecular flexibility index (Phi) is 6.11. The third-order valence-corrected chi connectivity index (χ3v) is 3.85. The maximum Gasteiger partial charge on any atom is 0.339 e. The van der Waals surface area contributed by atoms with Gasteiger partial charge in [-0.3, -0.25) is 9.59 Å². The predicted molar refractivity (Wildman–Crippen MR) is 96.2 cm³/mol. The van der Waals surface area contributed by atoms with Gasteiger partial charge in [0.1, 0.15) is 11.5 Å². The van der Waals surface area contributed by atoms with Crippen molar-refractivity contribution >= 4 is 23.6 Å². The number of aromatic amines is 1. The van der Waals surface area contributed by atoms with Crippen LogP contribution in [0.3, 0.4) is 0 Å². The van der Waals surface area contributed by atoms with E-state index in [9.17, 15) is 14.4 Å². The van der Waals surface area contributed by atoms with Crippen molar-refractivity contribution in [1.82, 2.24) is 15.3 Å². The highest BCUT2D eigenvalue weighted by atomic mass is 16.5. The number of rotatable bonds is 6. The first-order valence-electron chi connectivity index (χ1n) is 8.12. The van der Waals surface area contributed by atoms with Gasteiger partial charge >= 0.3 is 5.97 Å². The number of aryl methyl sites for hydroxylation is 2. The molecule has 0 saturated carbocycles. The van der Waals surface area contributed by atoms with Crippen LogP contribution in [0.2, 0.25) is 0 Å². The van der Waals surface area contributed by atoms with Crippen molar-refractivity contribution in [1.29, 1.82) is 0 Å². The molecule has 8 heteroatoms. The smallest absolute Gasteiger partial charge is 0.339 e. The summed E-state index contributed by atoms with van der Waals surface area (Å²) >= 11 is 0. The summed E-state index contributed by atoms with van der Waals surface area (Å²) in [5.74, 6) is -0.666. The van der Waals surface area contributed by atoms with Gasteiger partial charge in [0.15, 0.2) is 0 Å². The molecule has 0 aromatic carbocycles. The summed E-state index contributed by atoms with van der Waals surface area (Å²) in [5, 5.41) is 5.33. The molecule has 0 aliphatic heterocycles. The number of nitrogens with zero attached hydrogens (tertiary/aromatic N) is 1. The summed E-state index contributed by atoms with van der Waals surface area (Å²) in [5.41, 5.74) is 2.50. The monoisotopic (exact) mass is 358 g/mol. The summed E-state index contributed by atoms with van der Waals surface area (Å²) in [4.78, 5) is 43.0. The molecule has 2 aromatic heterocycles. The van der Waals surface area contributed by atoms with Crippen molar-refractivity contribution in [3.63, 3.8) is 0 Å². The number of esters is 1. The molecule has 2 amide bonds.